The number of hydrogen-bond donors (Lipinski definition) is 1. The lowest BCUT2D eigenvalue weighted by molar-refractivity contribution is 0.0404. The normalized spacial score (nSPS) is 38.8. The van der Waals surface area contributed by atoms with Crippen LogP contribution < -0.4 is 5.73 Å². The van der Waals surface area contributed by atoms with Crippen molar-refractivity contribution in [3.63, 3.8) is 0 Å². The molecule has 2 nitrogen and oxygen atoms in total. The zero-order valence-corrected chi connectivity index (χ0v) is 11.7. The summed E-state index contributed by atoms with van der Waals surface area (Å²) in [6.45, 7) is 1.79. The molecular formula is C16H29NO. The maximum absolute atomic E-state index is 6.49. The van der Waals surface area contributed by atoms with Gasteiger partial charge in [0.2, 0.25) is 0 Å². The topological polar surface area (TPSA) is 35.2 Å². The SMILES string of the molecule is NC1(COCC2CC3CCC2C3)CCCCCC1. The molecule has 2 N–H and O–H groups in total. The molecule has 2 heteroatoms. The standard InChI is InChI=1S/C16H29NO/c17-16(7-3-1-2-4-8-16)12-18-11-15-10-13-5-6-14(15)9-13/h13-15H,1-12,17H2. The Morgan fingerprint density at radius 3 is 2.39 bits per heavy atom. The highest BCUT2D eigenvalue weighted by Crippen LogP contribution is 2.48. The summed E-state index contributed by atoms with van der Waals surface area (Å²) in [5.41, 5.74) is 6.49. The molecule has 0 heterocycles. The van der Waals surface area contributed by atoms with Crippen LogP contribution in [0, 0.1) is 17.8 Å². The van der Waals surface area contributed by atoms with Crippen molar-refractivity contribution in [2.75, 3.05) is 13.2 Å². The third kappa shape index (κ3) is 2.91. The van der Waals surface area contributed by atoms with Gasteiger partial charge >= 0.3 is 0 Å². The lowest BCUT2D eigenvalue weighted by Gasteiger charge is -2.29. The summed E-state index contributed by atoms with van der Waals surface area (Å²) in [7, 11) is 0. The molecule has 0 radical (unpaired) electrons. The maximum atomic E-state index is 6.49. The van der Waals surface area contributed by atoms with E-state index in [4.69, 9.17) is 10.5 Å². The first kappa shape index (κ1) is 12.9. The van der Waals surface area contributed by atoms with Crippen LogP contribution in [0.4, 0.5) is 0 Å². The fourth-order valence-electron chi connectivity index (χ4n) is 4.57. The van der Waals surface area contributed by atoms with Gasteiger partial charge in [-0.05, 0) is 49.9 Å². The van der Waals surface area contributed by atoms with E-state index in [9.17, 15) is 0 Å². The predicted molar refractivity (Wildman–Crippen MR) is 74.4 cm³/mol. The molecule has 0 amide bonds. The van der Waals surface area contributed by atoms with Crippen molar-refractivity contribution in [1.82, 2.24) is 0 Å². The van der Waals surface area contributed by atoms with Gasteiger partial charge in [-0.2, -0.15) is 0 Å². The molecule has 2 bridgehead atoms. The van der Waals surface area contributed by atoms with E-state index in [1.54, 1.807) is 0 Å². The zero-order valence-electron chi connectivity index (χ0n) is 11.7. The first-order valence-corrected chi connectivity index (χ1v) is 8.12. The van der Waals surface area contributed by atoms with Crippen molar-refractivity contribution in [1.29, 1.82) is 0 Å². The Kier molecular flexibility index (Phi) is 3.95. The molecule has 0 aliphatic heterocycles. The molecule has 18 heavy (non-hydrogen) atoms. The Hall–Kier alpha value is -0.0800. The predicted octanol–water partition coefficient (Wildman–Crippen LogP) is 3.49. The van der Waals surface area contributed by atoms with Crippen molar-refractivity contribution in [3.8, 4) is 0 Å². The van der Waals surface area contributed by atoms with E-state index in [2.05, 4.69) is 0 Å². The highest BCUT2D eigenvalue weighted by Gasteiger charge is 2.39. The summed E-state index contributed by atoms with van der Waals surface area (Å²) in [4.78, 5) is 0. The molecule has 3 unspecified atom stereocenters. The van der Waals surface area contributed by atoms with Crippen molar-refractivity contribution in [2.45, 2.75) is 69.7 Å². The van der Waals surface area contributed by atoms with E-state index in [0.717, 1.165) is 31.0 Å². The van der Waals surface area contributed by atoms with Crippen LogP contribution in [0.3, 0.4) is 0 Å². The molecule has 3 aliphatic carbocycles. The van der Waals surface area contributed by atoms with E-state index in [-0.39, 0.29) is 5.54 Å². The van der Waals surface area contributed by atoms with Crippen molar-refractivity contribution >= 4 is 0 Å². The Morgan fingerprint density at radius 1 is 1.00 bits per heavy atom. The summed E-state index contributed by atoms with van der Waals surface area (Å²) >= 11 is 0. The van der Waals surface area contributed by atoms with E-state index in [1.165, 1.54) is 64.2 Å². The molecule has 3 saturated carbocycles. The molecule has 3 aliphatic rings. The molecule has 104 valence electrons. The van der Waals surface area contributed by atoms with Gasteiger partial charge in [-0.3, -0.25) is 0 Å². The Labute approximate surface area is 112 Å². The first-order chi connectivity index (χ1) is 8.75. The van der Waals surface area contributed by atoms with Gasteiger partial charge in [-0.25, -0.2) is 0 Å². The number of rotatable bonds is 4. The van der Waals surface area contributed by atoms with Crippen LogP contribution in [-0.2, 0) is 4.74 Å². The van der Waals surface area contributed by atoms with Gasteiger partial charge in [0.15, 0.2) is 0 Å². The average Bonchev–Trinajstić information content (AvgIpc) is 2.90. The zero-order chi connectivity index (χ0) is 12.4. The number of hydrogen-bond acceptors (Lipinski definition) is 2. The van der Waals surface area contributed by atoms with Crippen LogP contribution in [-0.4, -0.2) is 18.8 Å². The summed E-state index contributed by atoms with van der Waals surface area (Å²) in [6, 6.07) is 0. The van der Waals surface area contributed by atoms with Crippen LogP contribution in [0.1, 0.15) is 64.2 Å². The third-order valence-electron chi connectivity index (χ3n) is 5.71. The van der Waals surface area contributed by atoms with Gasteiger partial charge in [0.05, 0.1) is 6.61 Å². The van der Waals surface area contributed by atoms with E-state index in [1.807, 2.05) is 0 Å². The lowest BCUT2D eigenvalue weighted by atomic mass is 9.89. The minimum absolute atomic E-state index is 0.00583. The van der Waals surface area contributed by atoms with E-state index < -0.39 is 0 Å². The third-order valence-corrected chi connectivity index (χ3v) is 5.71. The minimum Gasteiger partial charge on any atom is -0.379 e. The Bertz CT molecular complexity index is 270. The quantitative estimate of drug-likeness (QED) is 0.776. The van der Waals surface area contributed by atoms with Crippen LogP contribution in [0.5, 0.6) is 0 Å². The Morgan fingerprint density at radius 2 is 1.78 bits per heavy atom. The van der Waals surface area contributed by atoms with Gasteiger partial charge in [-0.1, -0.05) is 32.1 Å². The van der Waals surface area contributed by atoms with Crippen LogP contribution >= 0.6 is 0 Å². The molecule has 0 aromatic rings. The summed E-state index contributed by atoms with van der Waals surface area (Å²) in [5, 5.41) is 0. The second kappa shape index (κ2) is 5.50. The van der Waals surface area contributed by atoms with Crippen LogP contribution in [0.15, 0.2) is 0 Å². The second-order valence-corrected chi connectivity index (χ2v) is 7.23. The maximum Gasteiger partial charge on any atom is 0.0646 e. The van der Waals surface area contributed by atoms with Gasteiger partial charge in [0.1, 0.15) is 0 Å². The fourth-order valence-corrected chi connectivity index (χ4v) is 4.57. The van der Waals surface area contributed by atoms with E-state index in [0.29, 0.717) is 0 Å². The number of ether oxygens (including phenoxy) is 1. The molecule has 3 atom stereocenters. The fraction of sp³-hybridized carbons (Fsp3) is 1.00. The molecule has 0 spiro atoms. The molecule has 0 aromatic carbocycles. The minimum atomic E-state index is -0.00583. The summed E-state index contributed by atoms with van der Waals surface area (Å²) in [6.07, 6.45) is 13.5. The van der Waals surface area contributed by atoms with Crippen LogP contribution in [0.25, 0.3) is 0 Å². The van der Waals surface area contributed by atoms with Crippen molar-refractivity contribution < 1.29 is 4.74 Å². The molecule has 0 saturated heterocycles. The molecule has 3 rings (SSSR count). The monoisotopic (exact) mass is 251 g/mol. The molecular weight excluding hydrogens is 222 g/mol. The summed E-state index contributed by atoms with van der Waals surface area (Å²) < 4.78 is 6.04. The summed E-state index contributed by atoms with van der Waals surface area (Å²) in [5.74, 6) is 2.88. The van der Waals surface area contributed by atoms with Gasteiger partial charge in [0.25, 0.3) is 0 Å². The highest BCUT2D eigenvalue weighted by atomic mass is 16.5. The van der Waals surface area contributed by atoms with Gasteiger partial charge in [-0.15, -0.1) is 0 Å². The smallest absolute Gasteiger partial charge is 0.0646 e. The highest BCUT2D eigenvalue weighted by molar-refractivity contribution is 4.90. The van der Waals surface area contributed by atoms with E-state index >= 15 is 0 Å². The van der Waals surface area contributed by atoms with Crippen molar-refractivity contribution in [2.24, 2.45) is 23.5 Å². The molecule has 3 fully saturated rings. The van der Waals surface area contributed by atoms with Gasteiger partial charge in [0, 0.05) is 12.1 Å². The Balaban J connectivity index is 1.41. The largest absolute Gasteiger partial charge is 0.379 e. The van der Waals surface area contributed by atoms with Crippen LogP contribution in [0.2, 0.25) is 0 Å². The molecule has 0 aromatic heterocycles. The van der Waals surface area contributed by atoms with Crippen molar-refractivity contribution in [3.05, 3.63) is 0 Å². The second-order valence-electron chi connectivity index (χ2n) is 7.23. The first-order valence-electron chi connectivity index (χ1n) is 8.12. The lowest BCUT2D eigenvalue weighted by Crippen LogP contribution is -2.44. The van der Waals surface area contributed by atoms with Gasteiger partial charge < -0.3 is 10.5 Å². The average molecular weight is 251 g/mol. The number of fused-ring (bicyclic) bond motifs is 2. The number of nitrogens with two attached hydrogens (primary N) is 1.